The lowest BCUT2D eigenvalue weighted by Gasteiger charge is -2.08. The van der Waals surface area contributed by atoms with Gasteiger partial charge in [-0.3, -0.25) is 0 Å². The van der Waals surface area contributed by atoms with E-state index in [-0.39, 0.29) is 0 Å². The summed E-state index contributed by atoms with van der Waals surface area (Å²) in [4.78, 5) is 1.30. The van der Waals surface area contributed by atoms with Crippen LogP contribution in [0.2, 0.25) is 0 Å². The van der Waals surface area contributed by atoms with Crippen molar-refractivity contribution in [3.8, 4) is 16.1 Å². The van der Waals surface area contributed by atoms with Gasteiger partial charge in [-0.25, -0.2) is 0 Å². The molecule has 0 fully saturated rings. The molecule has 0 aliphatic heterocycles. The van der Waals surface area contributed by atoms with Crippen molar-refractivity contribution in [2.75, 3.05) is 0 Å². The van der Waals surface area contributed by atoms with Gasteiger partial charge in [-0.2, -0.15) is 0 Å². The average molecular weight is 466 g/mol. The first-order chi connectivity index (χ1) is 17.4. The zero-order valence-electron chi connectivity index (χ0n) is 18.7. The van der Waals surface area contributed by atoms with Gasteiger partial charge in [-0.05, 0) is 41.3 Å². The Balaban J connectivity index is 1.50. The summed E-state index contributed by atoms with van der Waals surface area (Å²) in [6.45, 7) is 0. The van der Waals surface area contributed by atoms with Gasteiger partial charge in [0.25, 0.3) is 0 Å². The van der Waals surface area contributed by atoms with Crippen molar-refractivity contribution in [3.05, 3.63) is 115 Å². The van der Waals surface area contributed by atoms with E-state index in [1.165, 1.54) is 42.3 Å². The molecule has 0 atom stereocenters. The summed E-state index contributed by atoms with van der Waals surface area (Å²) in [5, 5.41) is 6.15. The maximum atomic E-state index is 6.44. The molecule has 0 bridgehead atoms. The van der Waals surface area contributed by atoms with Crippen molar-refractivity contribution in [2.45, 2.75) is 0 Å². The number of hydrogen-bond acceptors (Lipinski definition) is 2. The van der Waals surface area contributed by atoms with E-state index in [9.17, 15) is 0 Å². The maximum Gasteiger partial charge on any atom is 0.159 e. The van der Waals surface area contributed by atoms with E-state index in [0.717, 1.165) is 27.6 Å². The Kier molecular flexibility index (Phi) is 3.85. The summed E-state index contributed by atoms with van der Waals surface area (Å²) >= 11 is 1.87. The zero-order valence-corrected chi connectivity index (χ0v) is 19.5. The number of rotatable bonds is 2. The van der Waals surface area contributed by atoms with Gasteiger partial charge in [0, 0.05) is 31.1 Å². The Morgan fingerprint density at radius 1 is 0.600 bits per heavy atom. The van der Waals surface area contributed by atoms with E-state index in [0.29, 0.717) is 0 Å². The molecule has 0 aliphatic rings. The molecule has 5 aromatic carbocycles. The van der Waals surface area contributed by atoms with Crippen LogP contribution in [0.5, 0.6) is 0 Å². The minimum Gasteiger partial charge on any atom is -0.454 e. The number of aromatic nitrogens is 1. The molecule has 0 amide bonds. The molecule has 3 heterocycles. The molecule has 0 unspecified atom stereocenters. The lowest BCUT2D eigenvalue weighted by Crippen LogP contribution is -1.94. The normalized spacial score (nSPS) is 12.0. The highest BCUT2D eigenvalue weighted by Crippen LogP contribution is 2.44. The number of fused-ring (bicyclic) bond motifs is 8. The molecular formula is C32H19NOS. The number of nitrogens with zero attached hydrogens (tertiary/aromatic N) is 1. The van der Waals surface area contributed by atoms with Gasteiger partial charge in [-0.15, -0.1) is 11.3 Å². The fourth-order valence-electron chi connectivity index (χ4n) is 5.46. The van der Waals surface area contributed by atoms with Crippen molar-refractivity contribution in [1.29, 1.82) is 0 Å². The van der Waals surface area contributed by atoms with Gasteiger partial charge in [-0.1, -0.05) is 84.9 Å². The fraction of sp³-hybridized carbons (Fsp3) is 0. The predicted molar refractivity (Wildman–Crippen MR) is 149 cm³/mol. The highest BCUT2D eigenvalue weighted by Gasteiger charge is 2.19. The van der Waals surface area contributed by atoms with E-state index in [1.54, 1.807) is 0 Å². The maximum absolute atomic E-state index is 6.44. The van der Waals surface area contributed by atoms with Gasteiger partial charge in [0.15, 0.2) is 5.58 Å². The van der Waals surface area contributed by atoms with Crippen LogP contribution < -0.4 is 0 Å². The molecule has 164 valence electrons. The van der Waals surface area contributed by atoms with Gasteiger partial charge < -0.3 is 8.98 Å². The van der Waals surface area contributed by atoms with Crippen molar-refractivity contribution in [2.24, 2.45) is 0 Å². The molecule has 0 radical (unpaired) electrons. The van der Waals surface area contributed by atoms with Crippen LogP contribution in [0.3, 0.4) is 0 Å². The number of hydrogen-bond donors (Lipinski definition) is 0. The van der Waals surface area contributed by atoms with Gasteiger partial charge in [0.2, 0.25) is 0 Å². The largest absolute Gasteiger partial charge is 0.454 e. The number of benzene rings is 5. The Hall–Kier alpha value is -4.34. The zero-order chi connectivity index (χ0) is 22.9. The third-order valence-electron chi connectivity index (χ3n) is 7.00. The van der Waals surface area contributed by atoms with Crippen molar-refractivity contribution >= 4 is 65.2 Å². The van der Waals surface area contributed by atoms with Crippen molar-refractivity contribution in [1.82, 2.24) is 4.57 Å². The van der Waals surface area contributed by atoms with Crippen molar-refractivity contribution < 1.29 is 4.42 Å². The third kappa shape index (κ3) is 2.64. The van der Waals surface area contributed by atoms with E-state index < -0.39 is 0 Å². The molecular weight excluding hydrogens is 446 g/mol. The molecule has 0 N–H and O–H groups in total. The predicted octanol–water partition coefficient (Wildman–Crippen LogP) is 9.56. The van der Waals surface area contributed by atoms with Crippen LogP contribution in [0.1, 0.15) is 0 Å². The second-order valence-electron chi connectivity index (χ2n) is 8.96. The minimum absolute atomic E-state index is 0.920. The fourth-order valence-corrected chi connectivity index (χ4v) is 6.68. The van der Waals surface area contributed by atoms with E-state index >= 15 is 0 Å². The van der Waals surface area contributed by atoms with Crippen LogP contribution in [0.25, 0.3) is 70.0 Å². The molecule has 8 aromatic rings. The lowest BCUT2D eigenvalue weighted by atomic mass is 10.1. The van der Waals surface area contributed by atoms with Crippen LogP contribution >= 0.6 is 11.3 Å². The van der Waals surface area contributed by atoms with E-state index in [1.807, 2.05) is 23.5 Å². The first-order valence-corrected chi connectivity index (χ1v) is 12.6. The number of furan rings is 1. The monoisotopic (exact) mass is 465 g/mol. The molecule has 2 nitrogen and oxygen atoms in total. The topological polar surface area (TPSA) is 18.1 Å². The van der Waals surface area contributed by atoms with Crippen LogP contribution in [0, 0.1) is 0 Å². The molecule has 8 rings (SSSR count). The van der Waals surface area contributed by atoms with E-state index in [2.05, 4.69) is 108 Å². The number of thiophene rings is 1. The quantitative estimate of drug-likeness (QED) is 0.248. The Morgan fingerprint density at radius 3 is 2.29 bits per heavy atom. The summed E-state index contributed by atoms with van der Waals surface area (Å²) in [5.74, 6) is 0. The first kappa shape index (κ1) is 19.0. The van der Waals surface area contributed by atoms with E-state index in [4.69, 9.17) is 4.42 Å². The SMILES string of the molecule is c1ccc(-c2cc3ccc4c(c5ccccc5n4-c4cccc5c4oc4ccccc45)c3s2)cc1. The molecule has 35 heavy (non-hydrogen) atoms. The molecule has 0 aliphatic carbocycles. The van der Waals surface area contributed by atoms with Gasteiger partial charge in [0.05, 0.1) is 16.7 Å². The smallest absolute Gasteiger partial charge is 0.159 e. The molecule has 3 aromatic heterocycles. The minimum atomic E-state index is 0.920. The molecule has 0 saturated heterocycles. The Morgan fingerprint density at radius 2 is 1.37 bits per heavy atom. The second kappa shape index (κ2) is 7.08. The Bertz CT molecular complexity index is 2060. The second-order valence-corrected chi connectivity index (χ2v) is 10.0. The van der Waals surface area contributed by atoms with Crippen LogP contribution in [0.15, 0.2) is 120 Å². The number of para-hydroxylation sites is 3. The standard InChI is InChI=1S/C32H19NOS/c1-2-9-20(10-3-1)29-19-21-17-18-26-30(32(21)35-29)24-12-4-6-14-25(24)33(26)27-15-8-13-23-22-11-5-7-16-28(22)34-31(23)27/h1-19H. The summed E-state index contributed by atoms with van der Waals surface area (Å²) in [5.41, 5.74) is 6.57. The summed E-state index contributed by atoms with van der Waals surface area (Å²) in [7, 11) is 0. The van der Waals surface area contributed by atoms with Crippen LogP contribution in [-0.4, -0.2) is 4.57 Å². The summed E-state index contributed by atoms with van der Waals surface area (Å²) < 4.78 is 10.1. The molecule has 0 spiro atoms. The third-order valence-corrected chi connectivity index (χ3v) is 8.22. The van der Waals surface area contributed by atoms with Crippen LogP contribution in [0.4, 0.5) is 0 Å². The van der Waals surface area contributed by atoms with Crippen LogP contribution in [-0.2, 0) is 0 Å². The highest BCUT2D eigenvalue weighted by atomic mass is 32.1. The van der Waals surface area contributed by atoms with Crippen molar-refractivity contribution in [3.63, 3.8) is 0 Å². The summed E-state index contributed by atoms with van der Waals surface area (Å²) in [6, 6.07) is 41.0. The van der Waals surface area contributed by atoms with Gasteiger partial charge in [0.1, 0.15) is 5.58 Å². The Labute approximate surface area is 205 Å². The molecule has 3 heteroatoms. The summed E-state index contributed by atoms with van der Waals surface area (Å²) in [6.07, 6.45) is 0. The average Bonchev–Trinajstić information content (AvgIpc) is 3.60. The highest BCUT2D eigenvalue weighted by molar-refractivity contribution is 7.23. The lowest BCUT2D eigenvalue weighted by molar-refractivity contribution is 0.666. The molecule has 0 saturated carbocycles. The first-order valence-electron chi connectivity index (χ1n) is 11.8. The van der Waals surface area contributed by atoms with Gasteiger partial charge >= 0.3 is 0 Å².